The summed E-state index contributed by atoms with van der Waals surface area (Å²) in [5.74, 6) is -28.0. The molecule has 31 heavy (non-hydrogen) atoms. The first-order valence-electron chi connectivity index (χ1n) is 8.93. The first-order chi connectivity index (χ1) is 13.2. The molecule has 0 aliphatic heterocycles. The fourth-order valence-corrected chi connectivity index (χ4v) is 2.47. The van der Waals surface area contributed by atoms with Gasteiger partial charge in [-0.25, -0.2) is 0 Å². The van der Waals surface area contributed by atoms with E-state index in [9.17, 15) is 53.1 Å². The third kappa shape index (κ3) is 7.37. The number of ether oxygens (including phenoxy) is 1. The number of hydrogen-bond donors (Lipinski definition) is 0. The lowest BCUT2D eigenvalue weighted by Crippen LogP contribution is -2.59. The van der Waals surface area contributed by atoms with Crippen molar-refractivity contribution < 1.29 is 57.8 Å². The zero-order valence-electron chi connectivity index (χ0n) is 17.7. The second-order valence-corrected chi connectivity index (χ2v) is 9.65. The highest BCUT2D eigenvalue weighted by Crippen LogP contribution is 2.52. The summed E-state index contributed by atoms with van der Waals surface area (Å²) in [4.78, 5) is 12.2. The molecule has 0 heterocycles. The second-order valence-electron chi connectivity index (χ2n) is 9.65. The summed E-state index contributed by atoms with van der Waals surface area (Å²) < 4.78 is 148. The highest BCUT2D eigenvalue weighted by Gasteiger charge is 2.76. The van der Waals surface area contributed by atoms with E-state index in [1.807, 2.05) is 0 Å². The van der Waals surface area contributed by atoms with Gasteiger partial charge >= 0.3 is 35.8 Å². The van der Waals surface area contributed by atoms with Gasteiger partial charge < -0.3 is 4.74 Å². The molecule has 186 valence electrons. The number of carbonyl (C=O) groups is 1. The van der Waals surface area contributed by atoms with Crippen LogP contribution in [0.15, 0.2) is 0 Å². The van der Waals surface area contributed by atoms with Gasteiger partial charge in [-0.2, -0.15) is 48.3 Å². The van der Waals surface area contributed by atoms with E-state index < -0.39 is 65.6 Å². The molecule has 0 aromatic carbocycles. The van der Waals surface area contributed by atoms with Gasteiger partial charge in [0.25, 0.3) is 0 Å². The molecular formula is C18H25F11O2. The van der Waals surface area contributed by atoms with Crippen molar-refractivity contribution in [2.45, 2.75) is 84.3 Å². The molecule has 0 aliphatic rings. The molecule has 0 radical (unpaired) electrons. The first-order valence-corrected chi connectivity index (χ1v) is 8.93. The number of halogens is 11. The zero-order chi connectivity index (χ0) is 25.5. The average molecular weight is 482 g/mol. The van der Waals surface area contributed by atoms with Crippen LogP contribution >= 0.6 is 0 Å². The predicted octanol–water partition coefficient (Wildman–Crippen LogP) is 7.12. The Morgan fingerprint density at radius 2 is 1.13 bits per heavy atom. The van der Waals surface area contributed by atoms with E-state index >= 15 is 0 Å². The number of hydrogen-bond acceptors (Lipinski definition) is 2. The lowest BCUT2D eigenvalue weighted by atomic mass is 9.72. The molecular weight excluding hydrogens is 457 g/mol. The van der Waals surface area contributed by atoms with Crippen LogP contribution in [0, 0.1) is 16.7 Å². The van der Waals surface area contributed by atoms with Gasteiger partial charge in [-0.1, -0.05) is 41.5 Å². The molecule has 0 bridgehead atoms. The van der Waals surface area contributed by atoms with Crippen LogP contribution in [0.3, 0.4) is 0 Å². The molecule has 0 amide bonds. The number of rotatable bonds is 8. The van der Waals surface area contributed by atoms with E-state index in [4.69, 9.17) is 0 Å². The first kappa shape index (κ1) is 29.7. The fourth-order valence-electron chi connectivity index (χ4n) is 2.47. The van der Waals surface area contributed by atoms with E-state index in [0.29, 0.717) is 0 Å². The minimum absolute atomic E-state index is 0.0330. The standard InChI is InChI=1S/C18H25F11O2/c1-12(2,3)7-10(13(4,5)6)11(30)31-9-16(23,24)17(25,26)14(19,20)8-15(21,22)18(27,28)29/h10H,7-9H2,1-6H3. The van der Waals surface area contributed by atoms with Crippen LogP contribution in [0.25, 0.3) is 0 Å². The second kappa shape index (κ2) is 8.57. The minimum atomic E-state index is -6.67. The van der Waals surface area contributed by atoms with Gasteiger partial charge in [0, 0.05) is 0 Å². The fraction of sp³-hybridized carbons (Fsp3) is 0.944. The summed E-state index contributed by atoms with van der Waals surface area (Å²) in [6.07, 6.45) is -10.5. The molecule has 0 spiro atoms. The van der Waals surface area contributed by atoms with E-state index in [1.165, 1.54) is 20.8 Å². The van der Waals surface area contributed by atoms with Crippen molar-refractivity contribution >= 4 is 5.97 Å². The molecule has 1 atom stereocenters. The maximum absolute atomic E-state index is 13.8. The molecule has 0 rings (SSSR count). The van der Waals surface area contributed by atoms with Crippen molar-refractivity contribution in [3.05, 3.63) is 0 Å². The summed E-state index contributed by atoms with van der Waals surface area (Å²) in [7, 11) is 0. The van der Waals surface area contributed by atoms with E-state index in [0.717, 1.165) is 0 Å². The quantitative estimate of drug-likeness (QED) is 0.272. The minimum Gasteiger partial charge on any atom is -0.459 e. The average Bonchev–Trinajstić information content (AvgIpc) is 2.46. The van der Waals surface area contributed by atoms with Crippen molar-refractivity contribution in [2.75, 3.05) is 6.61 Å². The van der Waals surface area contributed by atoms with Gasteiger partial charge in [0.05, 0.1) is 12.3 Å². The Labute approximate surface area is 172 Å². The number of alkyl halides is 11. The summed E-state index contributed by atoms with van der Waals surface area (Å²) in [6.45, 7) is 6.89. The molecule has 0 saturated heterocycles. The van der Waals surface area contributed by atoms with Gasteiger partial charge in [-0.3, -0.25) is 4.79 Å². The molecule has 1 unspecified atom stereocenters. The van der Waals surface area contributed by atoms with Gasteiger partial charge in [-0.05, 0) is 17.3 Å². The maximum atomic E-state index is 13.8. The highest BCUT2D eigenvalue weighted by atomic mass is 19.4. The van der Waals surface area contributed by atoms with Crippen LogP contribution in [-0.4, -0.2) is 42.4 Å². The Bertz CT molecular complexity index is 626. The Morgan fingerprint density at radius 3 is 1.45 bits per heavy atom. The third-order valence-electron chi connectivity index (χ3n) is 4.32. The molecule has 13 heteroatoms. The Morgan fingerprint density at radius 1 is 0.710 bits per heavy atom. The predicted molar refractivity (Wildman–Crippen MR) is 88.4 cm³/mol. The summed E-state index contributed by atoms with van der Waals surface area (Å²) in [5, 5.41) is 0. The van der Waals surface area contributed by atoms with Crippen LogP contribution in [-0.2, 0) is 9.53 Å². The van der Waals surface area contributed by atoms with Crippen LogP contribution in [0.4, 0.5) is 48.3 Å². The Hall–Kier alpha value is -1.30. The molecule has 0 aromatic rings. The van der Waals surface area contributed by atoms with Crippen LogP contribution < -0.4 is 0 Å². The summed E-state index contributed by atoms with van der Waals surface area (Å²) in [5.41, 5.74) is -1.47. The summed E-state index contributed by atoms with van der Waals surface area (Å²) in [6, 6.07) is 0. The molecule has 0 fully saturated rings. The lowest BCUT2D eigenvalue weighted by molar-refractivity contribution is -0.354. The smallest absolute Gasteiger partial charge is 0.453 e. The molecule has 0 N–H and O–H groups in total. The molecule has 0 saturated carbocycles. The summed E-state index contributed by atoms with van der Waals surface area (Å²) >= 11 is 0. The largest absolute Gasteiger partial charge is 0.459 e. The normalized spacial score (nSPS) is 16.3. The van der Waals surface area contributed by atoms with Crippen molar-refractivity contribution in [1.82, 2.24) is 0 Å². The maximum Gasteiger partial charge on any atom is 0.453 e. The van der Waals surface area contributed by atoms with Gasteiger partial charge in [-0.15, -0.1) is 0 Å². The van der Waals surface area contributed by atoms with Crippen LogP contribution in [0.2, 0.25) is 0 Å². The Kier molecular flexibility index (Phi) is 8.21. The SMILES string of the molecule is CC(C)(C)CC(C(=O)OCC(F)(F)C(F)(F)C(F)(F)CC(F)(F)C(F)(F)F)C(C)(C)C. The van der Waals surface area contributed by atoms with Crippen molar-refractivity contribution in [3.8, 4) is 0 Å². The Balaban J connectivity index is 5.64. The third-order valence-corrected chi connectivity index (χ3v) is 4.32. The van der Waals surface area contributed by atoms with Gasteiger partial charge in [0.1, 0.15) is 0 Å². The molecule has 0 aromatic heterocycles. The zero-order valence-corrected chi connectivity index (χ0v) is 17.7. The number of carbonyl (C=O) groups excluding carboxylic acids is 1. The highest BCUT2D eigenvalue weighted by molar-refractivity contribution is 5.73. The van der Waals surface area contributed by atoms with Crippen LogP contribution in [0.5, 0.6) is 0 Å². The van der Waals surface area contributed by atoms with Gasteiger partial charge in [0.15, 0.2) is 6.61 Å². The van der Waals surface area contributed by atoms with E-state index in [-0.39, 0.29) is 6.42 Å². The number of esters is 1. The lowest BCUT2D eigenvalue weighted by Gasteiger charge is -2.36. The van der Waals surface area contributed by atoms with Crippen LogP contribution in [0.1, 0.15) is 54.4 Å². The molecule has 0 aliphatic carbocycles. The van der Waals surface area contributed by atoms with Crippen molar-refractivity contribution in [3.63, 3.8) is 0 Å². The van der Waals surface area contributed by atoms with Crippen molar-refractivity contribution in [1.29, 1.82) is 0 Å². The topological polar surface area (TPSA) is 26.3 Å². The van der Waals surface area contributed by atoms with Gasteiger partial charge in [0.2, 0.25) is 0 Å². The monoisotopic (exact) mass is 482 g/mol. The van der Waals surface area contributed by atoms with E-state index in [2.05, 4.69) is 4.74 Å². The van der Waals surface area contributed by atoms with E-state index in [1.54, 1.807) is 20.8 Å². The molecule has 2 nitrogen and oxygen atoms in total. The van der Waals surface area contributed by atoms with Crippen molar-refractivity contribution in [2.24, 2.45) is 16.7 Å².